The molecule has 0 aliphatic heterocycles. The Bertz CT molecular complexity index is 1230. The Hall–Kier alpha value is -4.64. The summed E-state index contributed by atoms with van der Waals surface area (Å²) in [7, 11) is 3.30. The van der Waals surface area contributed by atoms with E-state index in [2.05, 4.69) is 5.32 Å². The third-order valence-corrected chi connectivity index (χ3v) is 5.21. The molecule has 0 saturated heterocycles. The van der Waals surface area contributed by atoms with Crippen molar-refractivity contribution in [1.82, 2.24) is 10.2 Å². The van der Waals surface area contributed by atoms with E-state index in [0.29, 0.717) is 22.4 Å². The van der Waals surface area contributed by atoms with Crippen LogP contribution in [0.25, 0.3) is 0 Å². The lowest BCUT2D eigenvalue weighted by molar-refractivity contribution is -0.145. The van der Waals surface area contributed by atoms with Crippen LogP contribution >= 0.6 is 0 Å². The van der Waals surface area contributed by atoms with Crippen LogP contribution in [0.3, 0.4) is 0 Å². The van der Waals surface area contributed by atoms with Crippen LogP contribution in [-0.2, 0) is 16.1 Å². The average Bonchev–Trinajstić information content (AvgIpc) is 2.90. The lowest BCUT2D eigenvalue weighted by Crippen LogP contribution is -2.41. The molecule has 0 aromatic heterocycles. The van der Waals surface area contributed by atoms with Gasteiger partial charge in [-0.25, -0.2) is 0 Å². The number of nitrogens with one attached hydrogen (secondary N) is 1. The van der Waals surface area contributed by atoms with E-state index >= 15 is 0 Å². The Morgan fingerprint density at radius 3 is 2.31 bits per heavy atom. The van der Waals surface area contributed by atoms with Crippen LogP contribution in [-0.4, -0.2) is 49.4 Å². The number of nitrogens with zero attached hydrogens (tertiary/aromatic N) is 2. The summed E-state index contributed by atoms with van der Waals surface area (Å²) < 4.78 is 11.1. The van der Waals surface area contributed by atoms with Gasteiger partial charge in [-0.2, -0.15) is 5.26 Å². The van der Waals surface area contributed by atoms with Crippen molar-refractivity contribution in [1.29, 1.82) is 5.26 Å². The van der Waals surface area contributed by atoms with Crippen molar-refractivity contribution < 1.29 is 23.9 Å². The second kappa shape index (κ2) is 12.7. The molecule has 0 fully saturated rings. The average molecular weight is 486 g/mol. The molecule has 0 heterocycles. The minimum Gasteiger partial charge on any atom is -0.491 e. The Balaban J connectivity index is 1.67. The maximum absolute atomic E-state index is 12.9. The SMILES string of the molecule is CN(C)C(=O)c1ccc(C(=O)N[C@@H](COc2cccc(C#N)c2)CC(=O)OCc2ccccc2)cc1. The standard InChI is InChI=1S/C28H27N3O5/c1-31(2)28(34)23-13-11-22(12-14-23)27(33)30-24(19-35-25-10-6-9-21(15-25)17-29)16-26(32)36-18-20-7-4-3-5-8-20/h3-15,24H,16,18-19H2,1-2H3,(H,30,33)/t24-/m1/s1. The van der Waals surface area contributed by atoms with Gasteiger partial charge < -0.3 is 19.7 Å². The first-order valence-corrected chi connectivity index (χ1v) is 11.3. The Morgan fingerprint density at radius 2 is 1.64 bits per heavy atom. The molecule has 3 aromatic rings. The number of esters is 1. The molecule has 1 N–H and O–H groups in total. The van der Waals surface area contributed by atoms with E-state index in [4.69, 9.17) is 14.7 Å². The van der Waals surface area contributed by atoms with Crippen LogP contribution in [0.5, 0.6) is 5.75 Å². The second-order valence-corrected chi connectivity index (χ2v) is 8.25. The minimum atomic E-state index is -0.699. The number of hydrogen-bond donors (Lipinski definition) is 1. The number of carbonyl (C=O) groups is 3. The third kappa shape index (κ3) is 7.71. The topological polar surface area (TPSA) is 109 Å². The highest BCUT2D eigenvalue weighted by atomic mass is 16.5. The predicted molar refractivity (Wildman–Crippen MR) is 133 cm³/mol. The minimum absolute atomic E-state index is 0.0156. The molecular formula is C28H27N3O5. The number of benzene rings is 3. The number of hydrogen-bond acceptors (Lipinski definition) is 6. The molecule has 184 valence electrons. The predicted octanol–water partition coefficient (Wildman–Crippen LogP) is 3.57. The van der Waals surface area contributed by atoms with Gasteiger partial charge in [0.25, 0.3) is 11.8 Å². The summed E-state index contributed by atoms with van der Waals surface area (Å²) in [6, 6.07) is 23.5. The first-order chi connectivity index (χ1) is 17.4. The van der Waals surface area contributed by atoms with E-state index in [1.807, 2.05) is 36.4 Å². The van der Waals surface area contributed by atoms with E-state index in [1.54, 1.807) is 62.6 Å². The molecular weight excluding hydrogens is 458 g/mol. The van der Waals surface area contributed by atoms with Crippen molar-refractivity contribution in [3.8, 4) is 11.8 Å². The Kier molecular flexibility index (Phi) is 9.18. The van der Waals surface area contributed by atoms with Gasteiger partial charge in [0.15, 0.2) is 0 Å². The first-order valence-electron chi connectivity index (χ1n) is 11.3. The molecule has 2 amide bonds. The number of amides is 2. The summed E-state index contributed by atoms with van der Waals surface area (Å²) in [5.41, 5.74) is 2.07. The van der Waals surface area contributed by atoms with Gasteiger partial charge in [0.2, 0.25) is 0 Å². The van der Waals surface area contributed by atoms with E-state index < -0.39 is 17.9 Å². The Morgan fingerprint density at radius 1 is 0.944 bits per heavy atom. The van der Waals surface area contributed by atoms with Crippen LogP contribution in [0.4, 0.5) is 0 Å². The first kappa shape index (κ1) is 26.0. The molecule has 1 atom stereocenters. The zero-order valence-corrected chi connectivity index (χ0v) is 20.1. The lowest BCUT2D eigenvalue weighted by Gasteiger charge is -2.19. The summed E-state index contributed by atoms with van der Waals surface area (Å²) in [6.45, 7) is 0.102. The monoisotopic (exact) mass is 485 g/mol. The number of carbonyl (C=O) groups excluding carboxylic acids is 3. The quantitative estimate of drug-likeness (QED) is 0.440. The normalized spacial score (nSPS) is 11.0. The van der Waals surface area contributed by atoms with Gasteiger partial charge in [0.05, 0.1) is 24.1 Å². The zero-order chi connectivity index (χ0) is 25.9. The fourth-order valence-corrected chi connectivity index (χ4v) is 3.29. The summed E-state index contributed by atoms with van der Waals surface area (Å²) in [4.78, 5) is 39.0. The van der Waals surface area contributed by atoms with Crippen molar-refractivity contribution >= 4 is 17.8 Å². The molecule has 0 saturated carbocycles. The van der Waals surface area contributed by atoms with E-state index in [-0.39, 0.29) is 25.5 Å². The molecule has 0 bridgehead atoms. The van der Waals surface area contributed by atoms with E-state index in [9.17, 15) is 14.4 Å². The van der Waals surface area contributed by atoms with Crippen LogP contribution in [0.2, 0.25) is 0 Å². The maximum Gasteiger partial charge on any atom is 0.308 e. The summed E-state index contributed by atoms with van der Waals surface area (Å²) >= 11 is 0. The maximum atomic E-state index is 12.9. The summed E-state index contributed by atoms with van der Waals surface area (Å²) in [5.74, 6) is -0.647. The highest BCUT2D eigenvalue weighted by Gasteiger charge is 2.20. The van der Waals surface area contributed by atoms with Crippen molar-refractivity contribution in [3.63, 3.8) is 0 Å². The van der Waals surface area contributed by atoms with Crippen LogP contribution in [0.15, 0.2) is 78.9 Å². The summed E-state index contributed by atoms with van der Waals surface area (Å²) in [6.07, 6.45) is -0.117. The van der Waals surface area contributed by atoms with E-state index in [0.717, 1.165) is 5.56 Å². The van der Waals surface area contributed by atoms with Crippen molar-refractivity contribution in [3.05, 3.63) is 101 Å². The molecule has 0 aliphatic rings. The zero-order valence-electron chi connectivity index (χ0n) is 20.1. The van der Waals surface area contributed by atoms with Crippen LogP contribution in [0.1, 0.15) is 38.3 Å². The lowest BCUT2D eigenvalue weighted by atomic mass is 10.1. The van der Waals surface area contributed by atoms with Gasteiger partial charge in [-0.3, -0.25) is 14.4 Å². The van der Waals surface area contributed by atoms with Gasteiger partial charge in [-0.1, -0.05) is 36.4 Å². The molecule has 36 heavy (non-hydrogen) atoms. The number of ether oxygens (including phenoxy) is 2. The molecule has 0 aliphatic carbocycles. The van der Waals surface area contributed by atoms with Gasteiger partial charge in [-0.15, -0.1) is 0 Å². The van der Waals surface area contributed by atoms with Crippen molar-refractivity contribution in [2.24, 2.45) is 0 Å². The molecule has 0 spiro atoms. The molecule has 8 heteroatoms. The van der Waals surface area contributed by atoms with Crippen molar-refractivity contribution in [2.45, 2.75) is 19.1 Å². The molecule has 3 aromatic carbocycles. The highest BCUT2D eigenvalue weighted by molar-refractivity contribution is 5.97. The van der Waals surface area contributed by atoms with Crippen LogP contribution < -0.4 is 10.1 Å². The number of nitriles is 1. The fourth-order valence-electron chi connectivity index (χ4n) is 3.29. The molecule has 0 radical (unpaired) electrons. The molecule has 8 nitrogen and oxygen atoms in total. The van der Waals surface area contributed by atoms with Gasteiger partial charge >= 0.3 is 5.97 Å². The highest BCUT2D eigenvalue weighted by Crippen LogP contribution is 2.14. The van der Waals surface area contributed by atoms with E-state index in [1.165, 1.54) is 4.90 Å². The smallest absolute Gasteiger partial charge is 0.308 e. The molecule has 3 rings (SSSR count). The molecule has 0 unspecified atom stereocenters. The fraction of sp³-hybridized carbons (Fsp3) is 0.214. The third-order valence-electron chi connectivity index (χ3n) is 5.21. The van der Waals surface area contributed by atoms with Crippen LogP contribution in [0, 0.1) is 11.3 Å². The number of rotatable bonds is 10. The Labute approximate surface area is 210 Å². The summed E-state index contributed by atoms with van der Waals surface area (Å²) in [5, 5.41) is 11.9. The van der Waals surface area contributed by atoms with Crippen molar-refractivity contribution in [2.75, 3.05) is 20.7 Å². The van der Waals surface area contributed by atoms with Gasteiger partial charge in [0.1, 0.15) is 19.0 Å². The largest absolute Gasteiger partial charge is 0.491 e. The second-order valence-electron chi connectivity index (χ2n) is 8.25. The van der Waals surface area contributed by atoms with Gasteiger partial charge in [0, 0.05) is 25.2 Å². The van der Waals surface area contributed by atoms with Gasteiger partial charge in [-0.05, 0) is 48.0 Å².